The molecule has 0 spiro atoms. The van der Waals surface area contributed by atoms with E-state index in [2.05, 4.69) is 150 Å². The number of anilines is 9. The Kier molecular flexibility index (Phi) is 32.3. The van der Waals surface area contributed by atoms with Crippen molar-refractivity contribution in [2.24, 2.45) is 31.4 Å². The molecular weight excluding hydrogens is 1890 g/mol. The zero-order chi connectivity index (χ0) is 98.2. The van der Waals surface area contributed by atoms with Gasteiger partial charge >= 0.3 is 59.1 Å². The summed E-state index contributed by atoms with van der Waals surface area (Å²) >= 11 is 1.66. The summed E-state index contributed by atoms with van der Waals surface area (Å²) in [6.45, 7) is 0.972. The average Bonchev–Trinajstić information content (AvgIpc) is 1.55. The first-order valence-corrected chi connectivity index (χ1v) is 47.4. The van der Waals surface area contributed by atoms with Crippen LogP contribution in [0.15, 0.2) is 411 Å². The summed E-state index contributed by atoms with van der Waals surface area (Å²) in [6.07, 6.45) is 16.4. The molecule has 0 saturated heterocycles. The molecular formula is C109H90ClN20Na2O8S3-. The Morgan fingerprint density at radius 3 is 1.34 bits per heavy atom. The van der Waals surface area contributed by atoms with E-state index in [9.17, 15) is 25.9 Å². The Morgan fingerprint density at radius 2 is 0.860 bits per heavy atom. The molecule has 1 atom stereocenters. The van der Waals surface area contributed by atoms with Gasteiger partial charge in [-0.2, -0.15) is 10.2 Å². The maximum atomic E-state index is 11.9. The number of allylic oxidation sites excluding steroid dienone is 7. The van der Waals surface area contributed by atoms with Crippen molar-refractivity contribution in [3.8, 4) is 21.7 Å². The first-order chi connectivity index (χ1) is 67.4. The molecule has 28 nitrogen and oxygen atoms in total. The summed E-state index contributed by atoms with van der Waals surface area (Å²) in [5.74, 6) is -0.692. The third-order valence-corrected chi connectivity index (χ3v) is 26.2. The third kappa shape index (κ3) is 24.1. The van der Waals surface area contributed by atoms with Gasteiger partial charge in [-0.3, -0.25) is 5.41 Å². The molecule has 24 N–H and O–H groups in total. The van der Waals surface area contributed by atoms with Gasteiger partial charge in [-0.25, -0.2) is 26.8 Å². The monoisotopic (exact) mass is 1980 g/mol. The van der Waals surface area contributed by atoms with Crippen LogP contribution in [0.2, 0.25) is 0 Å². The number of hydrogen-bond donors (Lipinski definition) is 14. The number of carbonyl (C=O) groups is 1. The van der Waals surface area contributed by atoms with Gasteiger partial charge in [0.2, 0.25) is 0 Å². The van der Waals surface area contributed by atoms with Crippen LogP contribution >= 0.6 is 11.3 Å². The van der Waals surface area contributed by atoms with Gasteiger partial charge in [-0.05, 0) is 240 Å². The molecule has 34 heteroatoms. The summed E-state index contributed by atoms with van der Waals surface area (Å²) in [4.78, 5) is 26.6. The second kappa shape index (κ2) is 44.8. The number of aliphatic imine (C=N–C) groups is 1. The van der Waals surface area contributed by atoms with Crippen LogP contribution in [0.25, 0.3) is 75.8 Å². The smallest absolute Gasteiger partial charge is 1.00 e. The number of aromatic amines is 2. The molecule has 15 aromatic rings. The topological polar surface area (TPSA) is 556 Å². The van der Waals surface area contributed by atoms with Crippen LogP contribution in [-0.2, 0) is 25.0 Å². The fraction of sp³-hybridized carbons (Fsp3) is 0.0367. The number of carbonyl (C=O) groups excluding carboxylic acids is 1. The van der Waals surface area contributed by atoms with Crippen LogP contribution < -0.4 is 155 Å². The Balaban J connectivity index is 0.000000161. The molecule has 2 aliphatic carbocycles. The molecule has 2 aromatic heterocycles. The van der Waals surface area contributed by atoms with Crippen LogP contribution in [0, 0.1) is 11.3 Å². The van der Waals surface area contributed by atoms with Crippen molar-refractivity contribution in [1.29, 1.82) is 5.41 Å². The number of rotatable bonds is 14. The number of benzene rings is 14. The molecule has 1 unspecified atom stereocenters. The van der Waals surface area contributed by atoms with Crippen molar-refractivity contribution in [2.45, 2.75) is 28.7 Å². The Morgan fingerprint density at radius 1 is 0.441 bits per heavy atom. The normalized spacial score (nSPS) is 15.8. The molecule has 143 heavy (non-hydrogen) atoms. The maximum Gasteiger partial charge on any atom is 1.00 e. The summed E-state index contributed by atoms with van der Waals surface area (Å²) in [6, 6.07) is 96.8. The summed E-state index contributed by atoms with van der Waals surface area (Å²) in [7, 11) is -9.57. The van der Waals surface area contributed by atoms with Crippen molar-refractivity contribution in [3.63, 3.8) is 0 Å². The van der Waals surface area contributed by atoms with Gasteiger partial charge in [0.25, 0.3) is 0 Å². The van der Waals surface area contributed by atoms with Crippen molar-refractivity contribution in [1.82, 2.24) is 20.3 Å². The Hall–Kier alpha value is -15.7. The molecule has 8 bridgehead atoms. The third-order valence-electron chi connectivity index (χ3n) is 23.4. The number of halogens is 1. The number of H-pyrrole nitrogens is 2. The number of carboxylic acids is 1. The van der Waals surface area contributed by atoms with E-state index < -0.39 is 36.0 Å². The van der Waals surface area contributed by atoms with E-state index in [1.807, 2.05) is 170 Å². The van der Waals surface area contributed by atoms with E-state index in [1.54, 1.807) is 72.0 Å². The van der Waals surface area contributed by atoms with E-state index in [0.29, 0.717) is 50.6 Å². The molecule has 0 amide bonds. The van der Waals surface area contributed by atoms with Gasteiger partial charge in [0.1, 0.15) is 31.6 Å². The van der Waals surface area contributed by atoms with E-state index in [0.717, 1.165) is 157 Å². The number of aromatic nitrogens is 3. The minimum atomic E-state index is -4.78. The van der Waals surface area contributed by atoms with Crippen molar-refractivity contribution in [2.75, 3.05) is 51.6 Å². The standard InChI is InChI=1S/C44H36N8.C32H24N6O6S2.C19H19N3.C12H9N3S.C2H4O2.ClH.2Na/c45-29-9-1-25(2-10-29)41-33-17-19-35(49-33)42(26-3-11-30(46)12-4-26)37-21-23-39(51-37)44(28-7-15-32(48)16-8-28)40-24-22-38(52-40)43(36-20-18-34(41)50-36)27-5-13-31(47)14-6-27;33-31-25-7-3-1-5-23(25)29(45(39,40)41)17-27(31)37-35-21-13-9-19(10-14-21)20-11-15-22(16-12-20)36-38-28-18-30(46(42,43)44)24-6-2-4-8-26(24)32(28)34;20-16-7-1-13(2-8-16)19(14-3-9-17(21)10-4-14)15-5-11-18(22)12-6-15;13-7-1-3-9-11(5-7)16-12-6-8(14)2-4-10(12)15-9;1-2(3)4;;;/h1-24,33,49-51H,45-48H2;1-18H,33-34H2,(H,39,40,41)(H,42,43,44);1-13,19-20H,21-22H2;1-6,13H,14H2;1H3,(H,3,4);1H;;/q;;;;;;2*+1/p-3/b41-34-,42-35-,43-36-,44-40-;;;;;;;. The minimum Gasteiger partial charge on any atom is -1.00 e. The van der Waals surface area contributed by atoms with E-state index >= 15 is 0 Å². The van der Waals surface area contributed by atoms with Crippen molar-refractivity contribution < 1.29 is 113 Å². The molecule has 702 valence electrons. The molecule has 6 aliphatic rings. The zero-order valence-electron chi connectivity index (χ0n) is 77.2. The van der Waals surface area contributed by atoms with Crippen LogP contribution in [0.3, 0.4) is 0 Å². The van der Waals surface area contributed by atoms with Gasteiger partial charge in [0.15, 0.2) is 5.36 Å². The van der Waals surface area contributed by atoms with Gasteiger partial charge in [-0.15, -0.1) is 21.6 Å². The van der Waals surface area contributed by atoms with Crippen LogP contribution in [0.4, 0.5) is 73.9 Å². The molecule has 4 aliphatic heterocycles. The average molecular weight is 1990 g/mol. The first kappa shape index (κ1) is 103. The van der Waals surface area contributed by atoms with Gasteiger partial charge in [-0.1, -0.05) is 164 Å². The Bertz CT molecular complexity index is 8210. The first-order valence-electron chi connectivity index (χ1n) is 43.7. The largest absolute Gasteiger partial charge is 1.00 e. The summed E-state index contributed by atoms with van der Waals surface area (Å²) < 4.78 is 72.3. The number of aliphatic carboxylic acids is 1. The molecule has 0 radical (unpaired) electrons. The van der Waals surface area contributed by atoms with Crippen molar-refractivity contribution >= 4 is 177 Å². The zero-order valence-corrected chi connectivity index (χ0v) is 84.4. The predicted octanol–water partition coefficient (Wildman–Crippen LogP) is 7.46. The fourth-order valence-electron chi connectivity index (χ4n) is 16.7. The summed E-state index contributed by atoms with van der Waals surface area (Å²) in [5, 5.41) is 46.6. The maximum absolute atomic E-state index is 11.9. The predicted molar refractivity (Wildman–Crippen MR) is 556 cm³/mol. The van der Waals surface area contributed by atoms with Crippen LogP contribution in [0.1, 0.15) is 57.6 Å². The number of nitrogen functional groups attached to an aromatic ring is 9. The SMILES string of the molecule is CC(=O)[O-].N=C1C=CC(C(c2ccc(N)cc2)c2ccc(N)cc2)C=C1.Nc1c(N=Nc2ccc(-c3ccc(N=Nc4cc(S(=O)(=O)[O-])c5ccccc5c4N)cc3)cc2)cc(S(=O)(=O)[O-])c2ccccc12.Nc1ccc(/C2=C3\C=CC(=N3)/C(c3ccc(N)cc3)=c3/cc/c([nH]3)=C(\c3ccc(N)cc3)C3C=C/C(=C(\c4ccc(N)cc4)c4ccc2[nH]4)N3)cc1.Nc1ccc2nc3ccc(=[NH2+])cc-3sc2c1.[Cl-].[Na+].[Na+]. The number of carboxylic acid groups (broad SMARTS) is 1. The number of nitrogens with one attached hydrogen (secondary N) is 4. The van der Waals surface area contributed by atoms with Gasteiger partial charge < -0.3 is 104 Å². The quantitative estimate of drug-likeness (QED) is 0.0165. The molecule has 0 saturated carbocycles. The van der Waals surface area contributed by atoms with E-state index in [4.69, 9.17) is 77.3 Å². The van der Waals surface area contributed by atoms with E-state index in [-0.39, 0.29) is 123 Å². The second-order valence-electron chi connectivity index (χ2n) is 33.0. The van der Waals surface area contributed by atoms with Crippen molar-refractivity contribution in [3.05, 3.63) is 436 Å². The molecule has 0 fully saturated rings. The number of hydrogen-bond acceptors (Lipinski definition) is 26. The summed E-state index contributed by atoms with van der Waals surface area (Å²) in [5.41, 5.74) is 80.1. The molecule has 21 rings (SSSR count). The number of fused-ring (bicyclic) bond motifs is 11. The second-order valence-corrected chi connectivity index (χ2v) is 36.8. The minimum absolute atomic E-state index is 0. The van der Waals surface area contributed by atoms with Crippen LogP contribution in [0.5, 0.6) is 0 Å². The van der Waals surface area contributed by atoms with E-state index in [1.165, 1.54) is 23.3 Å². The Labute approximate surface area is 877 Å². The van der Waals surface area contributed by atoms with Gasteiger partial charge in [0.05, 0.1) is 76.5 Å². The number of nitrogens with zero attached hydrogens (tertiary/aromatic N) is 6. The number of nitrogens with two attached hydrogens (primary N) is 10. The van der Waals surface area contributed by atoms with Crippen LogP contribution in [-0.4, -0.2) is 64.3 Å². The molecule has 13 aromatic carbocycles. The number of azo groups is 2. The van der Waals surface area contributed by atoms with Gasteiger partial charge in [0, 0.05) is 141 Å². The fourth-order valence-corrected chi connectivity index (χ4v) is 19.1. The molecule has 6 heterocycles.